The van der Waals surface area contributed by atoms with Gasteiger partial charge in [-0.25, -0.2) is 0 Å². The van der Waals surface area contributed by atoms with E-state index in [1.807, 2.05) is 0 Å². The molecule has 0 aliphatic carbocycles. The first kappa shape index (κ1) is 13.6. The average Bonchev–Trinajstić information content (AvgIpc) is 2.74. The Morgan fingerprint density at radius 1 is 1.39 bits per heavy atom. The number of likely N-dealkylation sites (N-methyl/N-ethyl adjacent to an activating group) is 1. The van der Waals surface area contributed by atoms with Crippen LogP contribution in [0.2, 0.25) is 10.0 Å². The minimum absolute atomic E-state index is 0.259. The maximum absolute atomic E-state index is 12.3. The molecule has 2 rings (SSSR count). The Kier molecular flexibility index (Phi) is 4.12. The molecule has 98 valence electrons. The van der Waals surface area contributed by atoms with Gasteiger partial charge in [0.15, 0.2) is 0 Å². The molecule has 4 nitrogen and oxygen atoms in total. The lowest BCUT2D eigenvalue weighted by molar-refractivity contribution is 0.0581. The number of halogens is 2. The van der Waals surface area contributed by atoms with Gasteiger partial charge in [0, 0.05) is 20.1 Å². The largest absolute Gasteiger partial charge is 0.390 e. The SMILES string of the molecule is CN(C(=O)c1c(Cl)cccc1Cl)[C@@H]1CNC[C@H]1O. The summed E-state index contributed by atoms with van der Waals surface area (Å²) in [5, 5.41) is 13.4. The number of amides is 1. The molecule has 0 radical (unpaired) electrons. The summed E-state index contributed by atoms with van der Waals surface area (Å²) in [6.45, 7) is 1.05. The molecule has 18 heavy (non-hydrogen) atoms. The molecule has 1 amide bonds. The van der Waals surface area contributed by atoms with E-state index in [0.717, 1.165) is 0 Å². The summed E-state index contributed by atoms with van der Waals surface area (Å²) in [7, 11) is 1.64. The van der Waals surface area contributed by atoms with Crippen LogP contribution in [0.25, 0.3) is 0 Å². The Hall–Kier alpha value is -0.810. The summed E-state index contributed by atoms with van der Waals surface area (Å²) in [6.07, 6.45) is -0.569. The highest BCUT2D eigenvalue weighted by Crippen LogP contribution is 2.26. The van der Waals surface area contributed by atoms with Gasteiger partial charge in [-0.05, 0) is 12.1 Å². The first-order chi connectivity index (χ1) is 8.52. The van der Waals surface area contributed by atoms with Crippen molar-refractivity contribution in [1.29, 1.82) is 0 Å². The highest BCUT2D eigenvalue weighted by molar-refractivity contribution is 6.39. The molecule has 1 aromatic rings. The summed E-state index contributed by atoms with van der Waals surface area (Å²) >= 11 is 12.0. The van der Waals surface area contributed by atoms with Crippen molar-refractivity contribution < 1.29 is 9.90 Å². The van der Waals surface area contributed by atoms with E-state index in [4.69, 9.17) is 23.2 Å². The third-order valence-electron chi connectivity index (χ3n) is 3.15. The van der Waals surface area contributed by atoms with E-state index >= 15 is 0 Å². The van der Waals surface area contributed by atoms with Crippen molar-refractivity contribution in [3.05, 3.63) is 33.8 Å². The molecule has 6 heteroatoms. The second-order valence-corrected chi connectivity index (χ2v) is 5.12. The van der Waals surface area contributed by atoms with Crippen LogP contribution in [-0.4, -0.2) is 48.2 Å². The van der Waals surface area contributed by atoms with Crippen molar-refractivity contribution in [2.75, 3.05) is 20.1 Å². The topological polar surface area (TPSA) is 52.6 Å². The standard InChI is InChI=1S/C12H14Cl2N2O2/c1-16(9-5-15-6-10(9)17)12(18)11-7(13)3-2-4-8(11)14/h2-4,9-10,15,17H,5-6H2,1H3/t9-,10-/m1/s1. The quantitative estimate of drug-likeness (QED) is 0.865. The Bertz CT molecular complexity index is 447. The zero-order valence-electron chi connectivity index (χ0n) is 9.86. The Morgan fingerprint density at radius 2 is 2.00 bits per heavy atom. The van der Waals surface area contributed by atoms with Gasteiger partial charge in [0.05, 0.1) is 27.8 Å². The van der Waals surface area contributed by atoms with E-state index in [-0.39, 0.29) is 17.5 Å². The summed E-state index contributed by atoms with van der Waals surface area (Å²) < 4.78 is 0. The molecule has 0 bridgehead atoms. The fourth-order valence-electron chi connectivity index (χ4n) is 2.08. The number of aliphatic hydroxyl groups is 1. The molecule has 1 aliphatic rings. The Morgan fingerprint density at radius 3 is 2.50 bits per heavy atom. The minimum Gasteiger partial charge on any atom is -0.390 e. The first-order valence-electron chi connectivity index (χ1n) is 5.62. The van der Waals surface area contributed by atoms with E-state index in [0.29, 0.717) is 23.1 Å². The van der Waals surface area contributed by atoms with Crippen LogP contribution in [0.4, 0.5) is 0 Å². The zero-order chi connectivity index (χ0) is 13.3. The summed E-state index contributed by atoms with van der Waals surface area (Å²) in [4.78, 5) is 13.8. The van der Waals surface area contributed by atoms with Crippen LogP contribution in [0.1, 0.15) is 10.4 Å². The van der Waals surface area contributed by atoms with Gasteiger partial charge in [0.2, 0.25) is 0 Å². The molecule has 0 aromatic heterocycles. The van der Waals surface area contributed by atoms with Gasteiger partial charge < -0.3 is 15.3 Å². The predicted molar refractivity (Wildman–Crippen MR) is 71.2 cm³/mol. The maximum Gasteiger partial charge on any atom is 0.257 e. The van der Waals surface area contributed by atoms with Crippen LogP contribution >= 0.6 is 23.2 Å². The van der Waals surface area contributed by atoms with Crippen LogP contribution in [0, 0.1) is 0 Å². The second kappa shape index (κ2) is 5.45. The second-order valence-electron chi connectivity index (χ2n) is 4.31. The monoisotopic (exact) mass is 288 g/mol. The van der Waals surface area contributed by atoms with Crippen molar-refractivity contribution in [3.63, 3.8) is 0 Å². The van der Waals surface area contributed by atoms with E-state index < -0.39 is 6.10 Å². The van der Waals surface area contributed by atoms with Crippen molar-refractivity contribution in [2.45, 2.75) is 12.1 Å². The number of nitrogens with zero attached hydrogens (tertiary/aromatic N) is 1. The third kappa shape index (κ3) is 2.47. The number of nitrogens with one attached hydrogen (secondary N) is 1. The number of aliphatic hydroxyl groups excluding tert-OH is 1. The fourth-order valence-corrected chi connectivity index (χ4v) is 2.63. The summed E-state index contributed by atoms with van der Waals surface area (Å²) in [5.41, 5.74) is 0.280. The molecular weight excluding hydrogens is 275 g/mol. The summed E-state index contributed by atoms with van der Waals surface area (Å²) in [6, 6.07) is 4.67. The normalized spacial score (nSPS) is 23.1. The smallest absolute Gasteiger partial charge is 0.257 e. The molecule has 0 unspecified atom stereocenters. The molecule has 0 saturated carbocycles. The van der Waals surface area contributed by atoms with Gasteiger partial charge in [-0.3, -0.25) is 4.79 Å². The van der Waals surface area contributed by atoms with Gasteiger partial charge in [0.1, 0.15) is 0 Å². The molecule has 1 aromatic carbocycles. The van der Waals surface area contributed by atoms with Crippen molar-refractivity contribution >= 4 is 29.1 Å². The number of hydrogen-bond donors (Lipinski definition) is 2. The molecule has 1 saturated heterocycles. The fraction of sp³-hybridized carbons (Fsp3) is 0.417. The minimum atomic E-state index is -0.569. The van der Waals surface area contributed by atoms with Crippen LogP contribution < -0.4 is 5.32 Å². The van der Waals surface area contributed by atoms with Crippen LogP contribution in [-0.2, 0) is 0 Å². The van der Waals surface area contributed by atoms with Gasteiger partial charge in [-0.15, -0.1) is 0 Å². The number of rotatable bonds is 2. The number of carbonyl (C=O) groups excluding carboxylic acids is 1. The van der Waals surface area contributed by atoms with Crippen LogP contribution in [0.5, 0.6) is 0 Å². The van der Waals surface area contributed by atoms with Crippen molar-refractivity contribution in [3.8, 4) is 0 Å². The van der Waals surface area contributed by atoms with Gasteiger partial charge in [0.25, 0.3) is 5.91 Å². The first-order valence-corrected chi connectivity index (χ1v) is 6.38. The number of hydrogen-bond acceptors (Lipinski definition) is 3. The highest BCUT2D eigenvalue weighted by atomic mass is 35.5. The maximum atomic E-state index is 12.3. The lowest BCUT2D eigenvalue weighted by atomic mass is 10.1. The van der Waals surface area contributed by atoms with E-state index in [1.165, 1.54) is 4.90 Å². The van der Waals surface area contributed by atoms with Crippen LogP contribution in [0.3, 0.4) is 0 Å². The number of carbonyl (C=O) groups is 1. The van der Waals surface area contributed by atoms with Crippen molar-refractivity contribution in [2.24, 2.45) is 0 Å². The molecule has 1 fully saturated rings. The average molecular weight is 289 g/mol. The van der Waals surface area contributed by atoms with Crippen LogP contribution in [0.15, 0.2) is 18.2 Å². The lowest BCUT2D eigenvalue weighted by Crippen LogP contribution is -2.44. The zero-order valence-corrected chi connectivity index (χ0v) is 11.4. The summed E-state index contributed by atoms with van der Waals surface area (Å²) in [5.74, 6) is -0.279. The molecule has 1 heterocycles. The highest BCUT2D eigenvalue weighted by Gasteiger charge is 2.32. The third-order valence-corrected chi connectivity index (χ3v) is 3.78. The lowest BCUT2D eigenvalue weighted by Gasteiger charge is -2.27. The Labute approximate surface area is 115 Å². The molecule has 2 atom stereocenters. The van der Waals surface area contributed by atoms with E-state index in [9.17, 15) is 9.90 Å². The van der Waals surface area contributed by atoms with Gasteiger partial charge in [-0.1, -0.05) is 29.3 Å². The molecule has 1 aliphatic heterocycles. The van der Waals surface area contributed by atoms with E-state index in [1.54, 1.807) is 25.2 Å². The van der Waals surface area contributed by atoms with E-state index in [2.05, 4.69) is 5.32 Å². The molecule has 0 spiro atoms. The Balaban J connectivity index is 2.26. The van der Waals surface area contributed by atoms with Crippen molar-refractivity contribution in [1.82, 2.24) is 10.2 Å². The number of β-amino-alcohol motifs (C(OH)–C–C–N with tert-alkyl or cyclic N) is 1. The molecule has 2 N–H and O–H groups in total. The molecular formula is C12H14Cl2N2O2. The number of benzene rings is 1. The van der Waals surface area contributed by atoms with Gasteiger partial charge in [-0.2, -0.15) is 0 Å². The van der Waals surface area contributed by atoms with Gasteiger partial charge >= 0.3 is 0 Å². The predicted octanol–water partition coefficient (Wildman–Crippen LogP) is 1.40.